The predicted octanol–water partition coefficient (Wildman–Crippen LogP) is 5.31. The first-order valence-electron chi connectivity index (χ1n) is 9.69. The van der Waals surface area contributed by atoms with Crippen LogP contribution in [0, 0.1) is 17.6 Å². The molecule has 3 N–H and O–H groups in total. The molecule has 32 heavy (non-hydrogen) atoms. The van der Waals surface area contributed by atoms with Crippen LogP contribution in [0.4, 0.5) is 24.4 Å². The van der Waals surface area contributed by atoms with E-state index in [1.807, 2.05) is 13.0 Å². The Morgan fingerprint density at radius 1 is 1.12 bits per heavy atom. The van der Waals surface area contributed by atoms with Gasteiger partial charge in [0.2, 0.25) is 11.0 Å². The monoisotopic (exact) mass is 479 g/mol. The minimum absolute atomic E-state index is 0.206. The van der Waals surface area contributed by atoms with Gasteiger partial charge in [-0.1, -0.05) is 55.3 Å². The number of urea groups is 1. The Balaban J connectivity index is 1.69. The molecule has 168 valence electrons. The van der Waals surface area contributed by atoms with E-state index >= 15 is 0 Å². The second-order valence-corrected chi connectivity index (χ2v) is 8.41. The lowest BCUT2D eigenvalue weighted by Crippen LogP contribution is -2.49. The second-order valence-electron chi connectivity index (χ2n) is 7.00. The molecule has 0 saturated heterocycles. The van der Waals surface area contributed by atoms with Crippen LogP contribution in [0.2, 0.25) is 5.02 Å². The van der Waals surface area contributed by atoms with Crippen LogP contribution in [-0.4, -0.2) is 28.2 Å². The van der Waals surface area contributed by atoms with Crippen LogP contribution < -0.4 is 16.0 Å². The molecule has 11 heteroatoms. The summed E-state index contributed by atoms with van der Waals surface area (Å²) in [7, 11) is 0. The van der Waals surface area contributed by atoms with Gasteiger partial charge in [0.15, 0.2) is 0 Å². The standard InChI is InChI=1S/C21H20ClF2N5O2S/c1-3-11(2)17(26-20(31)25-16-8-7-14(23)10-15(16)24)18(30)27-21-29-28-19(32-21)12-5-4-6-13(22)9-12/h4-11,17H,3H2,1-2H3,(H2,25,26,31)(H,27,29,30). The molecule has 3 amide bonds. The molecule has 3 rings (SSSR count). The Morgan fingerprint density at radius 2 is 1.91 bits per heavy atom. The summed E-state index contributed by atoms with van der Waals surface area (Å²) in [5.41, 5.74) is 0.551. The maximum absolute atomic E-state index is 13.8. The first-order chi connectivity index (χ1) is 15.3. The molecule has 0 aliphatic rings. The third kappa shape index (κ3) is 5.98. The van der Waals surface area contributed by atoms with Crippen LogP contribution in [0.25, 0.3) is 10.6 Å². The fraction of sp³-hybridized carbons (Fsp3) is 0.238. The molecule has 0 fully saturated rings. The molecule has 2 aromatic carbocycles. The van der Waals surface area contributed by atoms with Crippen LogP contribution in [0.5, 0.6) is 0 Å². The topological polar surface area (TPSA) is 96.0 Å². The number of rotatable bonds is 7. The fourth-order valence-electron chi connectivity index (χ4n) is 2.79. The van der Waals surface area contributed by atoms with Crippen LogP contribution in [0.1, 0.15) is 20.3 Å². The number of aromatic nitrogens is 2. The van der Waals surface area contributed by atoms with Gasteiger partial charge in [-0.25, -0.2) is 13.6 Å². The van der Waals surface area contributed by atoms with Crippen molar-refractivity contribution in [3.05, 3.63) is 59.1 Å². The van der Waals surface area contributed by atoms with E-state index in [2.05, 4.69) is 26.1 Å². The van der Waals surface area contributed by atoms with Crippen LogP contribution in [0.3, 0.4) is 0 Å². The van der Waals surface area contributed by atoms with Crippen molar-refractivity contribution in [1.82, 2.24) is 15.5 Å². The van der Waals surface area contributed by atoms with Crippen molar-refractivity contribution in [3.63, 3.8) is 0 Å². The predicted molar refractivity (Wildman–Crippen MR) is 121 cm³/mol. The third-order valence-corrected chi connectivity index (χ3v) is 5.81. The second kappa shape index (κ2) is 10.5. The van der Waals surface area contributed by atoms with Crippen molar-refractivity contribution in [2.45, 2.75) is 26.3 Å². The number of benzene rings is 2. The number of hydrogen-bond acceptors (Lipinski definition) is 5. The summed E-state index contributed by atoms with van der Waals surface area (Å²) in [4.78, 5) is 25.2. The molecule has 0 saturated carbocycles. The van der Waals surface area contributed by atoms with Gasteiger partial charge < -0.3 is 10.6 Å². The molecule has 7 nitrogen and oxygen atoms in total. The highest BCUT2D eigenvalue weighted by molar-refractivity contribution is 7.18. The van der Waals surface area contributed by atoms with Crippen molar-refractivity contribution in [1.29, 1.82) is 0 Å². The smallest absolute Gasteiger partial charge is 0.319 e. The van der Waals surface area contributed by atoms with Crippen LogP contribution in [0.15, 0.2) is 42.5 Å². The molecule has 3 aromatic rings. The van der Waals surface area contributed by atoms with Crippen molar-refractivity contribution in [3.8, 4) is 10.6 Å². The first-order valence-corrected chi connectivity index (χ1v) is 10.9. The van der Waals surface area contributed by atoms with Gasteiger partial charge >= 0.3 is 6.03 Å². The maximum Gasteiger partial charge on any atom is 0.319 e. The zero-order valence-corrected chi connectivity index (χ0v) is 18.7. The van der Waals surface area contributed by atoms with E-state index in [1.54, 1.807) is 25.1 Å². The van der Waals surface area contributed by atoms with Gasteiger partial charge in [0, 0.05) is 16.7 Å². The number of carbonyl (C=O) groups excluding carboxylic acids is 2. The van der Waals surface area contributed by atoms with Crippen molar-refractivity contribution in [2.24, 2.45) is 5.92 Å². The lowest BCUT2D eigenvalue weighted by Gasteiger charge is -2.23. The molecule has 1 aromatic heterocycles. The number of hydrogen-bond donors (Lipinski definition) is 3. The molecule has 0 bridgehead atoms. The zero-order valence-electron chi connectivity index (χ0n) is 17.2. The number of amides is 3. The Hall–Kier alpha value is -3.11. The van der Waals surface area contributed by atoms with E-state index in [-0.39, 0.29) is 16.7 Å². The molecule has 0 aliphatic heterocycles. The average Bonchev–Trinajstić information content (AvgIpc) is 3.22. The maximum atomic E-state index is 13.8. The molecule has 0 aliphatic carbocycles. The Labute approximate surface area is 192 Å². The van der Waals surface area contributed by atoms with E-state index in [4.69, 9.17) is 11.6 Å². The van der Waals surface area contributed by atoms with Gasteiger partial charge in [0.25, 0.3) is 0 Å². The van der Waals surface area contributed by atoms with Crippen molar-refractivity contribution in [2.75, 3.05) is 10.6 Å². The number of carbonyl (C=O) groups is 2. The van der Waals surface area contributed by atoms with Crippen LogP contribution in [-0.2, 0) is 4.79 Å². The fourth-order valence-corrected chi connectivity index (χ4v) is 3.72. The summed E-state index contributed by atoms with van der Waals surface area (Å²) in [6.07, 6.45) is 0.590. The van der Waals surface area contributed by atoms with Crippen molar-refractivity contribution < 1.29 is 18.4 Å². The van der Waals surface area contributed by atoms with Crippen LogP contribution >= 0.6 is 22.9 Å². The molecule has 0 spiro atoms. The number of nitrogens with zero attached hydrogens (tertiary/aromatic N) is 2. The van der Waals surface area contributed by atoms with E-state index in [1.165, 1.54) is 0 Å². The number of anilines is 2. The van der Waals surface area contributed by atoms with Gasteiger partial charge in [-0.2, -0.15) is 0 Å². The Kier molecular flexibility index (Phi) is 7.70. The molecular formula is C21H20ClF2N5O2S. The van der Waals surface area contributed by atoms with Gasteiger partial charge in [-0.05, 0) is 30.2 Å². The van der Waals surface area contributed by atoms with Gasteiger partial charge in [0.05, 0.1) is 5.69 Å². The van der Waals surface area contributed by atoms with E-state index < -0.39 is 29.6 Å². The highest BCUT2D eigenvalue weighted by Gasteiger charge is 2.27. The summed E-state index contributed by atoms with van der Waals surface area (Å²) >= 11 is 7.16. The van der Waals surface area contributed by atoms with E-state index in [9.17, 15) is 18.4 Å². The largest absolute Gasteiger partial charge is 0.326 e. The molecule has 1 heterocycles. The van der Waals surface area contributed by atoms with Gasteiger partial charge in [-0.15, -0.1) is 10.2 Å². The van der Waals surface area contributed by atoms with E-state index in [0.717, 1.165) is 29.0 Å². The lowest BCUT2D eigenvalue weighted by molar-refractivity contribution is -0.119. The van der Waals surface area contributed by atoms with Crippen molar-refractivity contribution >= 4 is 45.7 Å². The molecule has 2 unspecified atom stereocenters. The zero-order chi connectivity index (χ0) is 23.3. The highest BCUT2D eigenvalue weighted by Crippen LogP contribution is 2.28. The molecule has 0 radical (unpaired) electrons. The quantitative estimate of drug-likeness (QED) is 0.427. The Bertz CT molecular complexity index is 1130. The average molecular weight is 480 g/mol. The lowest BCUT2D eigenvalue weighted by atomic mass is 9.98. The Morgan fingerprint density at radius 3 is 2.59 bits per heavy atom. The van der Waals surface area contributed by atoms with Gasteiger partial charge in [0.1, 0.15) is 22.7 Å². The van der Waals surface area contributed by atoms with E-state index in [0.29, 0.717) is 22.5 Å². The molecular weight excluding hydrogens is 460 g/mol. The summed E-state index contributed by atoms with van der Waals surface area (Å²) in [6, 6.07) is 8.11. The molecule has 2 atom stereocenters. The number of halogens is 3. The SMILES string of the molecule is CCC(C)C(NC(=O)Nc1ccc(F)cc1F)C(=O)Nc1nnc(-c2cccc(Cl)c2)s1. The summed E-state index contributed by atoms with van der Waals surface area (Å²) in [5, 5.41) is 16.9. The summed E-state index contributed by atoms with van der Waals surface area (Å²) < 4.78 is 26.9. The third-order valence-electron chi connectivity index (χ3n) is 4.69. The highest BCUT2D eigenvalue weighted by atomic mass is 35.5. The number of nitrogens with one attached hydrogen (secondary N) is 3. The summed E-state index contributed by atoms with van der Waals surface area (Å²) in [5.74, 6) is -2.42. The summed E-state index contributed by atoms with van der Waals surface area (Å²) in [6.45, 7) is 3.66. The minimum Gasteiger partial charge on any atom is -0.326 e. The van der Waals surface area contributed by atoms with Gasteiger partial charge in [-0.3, -0.25) is 10.1 Å². The minimum atomic E-state index is -0.929. The normalized spacial score (nSPS) is 12.7. The first kappa shape index (κ1) is 23.6.